The first-order valence-corrected chi connectivity index (χ1v) is 9.88. The van der Waals surface area contributed by atoms with Crippen LogP contribution in [-0.2, 0) is 9.59 Å². The third-order valence-electron chi connectivity index (χ3n) is 5.90. The molecule has 2 aliphatic heterocycles. The molecule has 2 fully saturated rings. The lowest BCUT2D eigenvalue weighted by atomic mass is 9.87. The molecule has 2 aliphatic rings. The summed E-state index contributed by atoms with van der Waals surface area (Å²) in [5.74, 6) is 0.248. The molecule has 2 saturated heterocycles. The summed E-state index contributed by atoms with van der Waals surface area (Å²) in [4.78, 5) is 31.8. The van der Waals surface area contributed by atoms with Crippen LogP contribution in [0.25, 0.3) is 0 Å². The summed E-state index contributed by atoms with van der Waals surface area (Å²) < 4.78 is 13.1. The standard InChI is InChI=1S/C21H30FN3O2/c1-16-8-10-24(11-9-16)19(26)21(2,3)20(27)25-14-12-23(13-15-25)18-6-4-17(22)5-7-18/h4-7,16H,8-15H2,1-3H3. The molecule has 2 amide bonds. The Kier molecular flexibility index (Phi) is 5.72. The van der Waals surface area contributed by atoms with Crippen LogP contribution in [0.3, 0.4) is 0 Å². The number of anilines is 1. The molecule has 0 bridgehead atoms. The highest BCUT2D eigenvalue weighted by atomic mass is 19.1. The highest BCUT2D eigenvalue weighted by Gasteiger charge is 2.42. The van der Waals surface area contributed by atoms with E-state index in [1.165, 1.54) is 12.1 Å². The number of rotatable bonds is 3. The SMILES string of the molecule is CC1CCN(C(=O)C(C)(C)C(=O)N2CCN(c3ccc(F)cc3)CC2)CC1. The number of benzene rings is 1. The van der Waals surface area contributed by atoms with Crippen LogP contribution >= 0.6 is 0 Å². The van der Waals surface area contributed by atoms with Crippen LogP contribution in [0.15, 0.2) is 24.3 Å². The first kappa shape index (κ1) is 19.6. The Labute approximate surface area is 161 Å². The molecule has 0 spiro atoms. The minimum absolute atomic E-state index is 0.0552. The van der Waals surface area contributed by atoms with Crippen LogP contribution in [0, 0.1) is 17.2 Å². The Morgan fingerprint density at radius 2 is 1.37 bits per heavy atom. The summed E-state index contributed by atoms with van der Waals surface area (Å²) in [5, 5.41) is 0. The summed E-state index contributed by atoms with van der Waals surface area (Å²) in [6.07, 6.45) is 2.01. The quantitative estimate of drug-likeness (QED) is 0.763. The predicted octanol–water partition coefficient (Wildman–Crippen LogP) is 2.76. The van der Waals surface area contributed by atoms with E-state index >= 15 is 0 Å². The highest BCUT2D eigenvalue weighted by molar-refractivity contribution is 6.04. The van der Waals surface area contributed by atoms with Crippen molar-refractivity contribution in [2.75, 3.05) is 44.2 Å². The van der Waals surface area contributed by atoms with Crippen LogP contribution in [0.5, 0.6) is 0 Å². The van der Waals surface area contributed by atoms with Gasteiger partial charge in [0.1, 0.15) is 11.2 Å². The van der Waals surface area contributed by atoms with Crippen molar-refractivity contribution in [3.05, 3.63) is 30.1 Å². The van der Waals surface area contributed by atoms with Gasteiger partial charge in [0.25, 0.3) is 0 Å². The molecule has 1 aromatic carbocycles. The normalized spacial score (nSPS) is 19.3. The maximum Gasteiger partial charge on any atom is 0.237 e. The third kappa shape index (κ3) is 4.25. The van der Waals surface area contributed by atoms with Gasteiger partial charge in [-0.25, -0.2) is 4.39 Å². The second-order valence-electron chi connectivity index (χ2n) is 8.36. The van der Waals surface area contributed by atoms with Crippen molar-refractivity contribution < 1.29 is 14.0 Å². The average Bonchev–Trinajstić information content (AvgIpc) is 2.68. The molecule has 3 rings (SSSR count). The molecule has 0 saturated carbocycles. The van der Waals surface area contributed by atoms with Crippen molar-refractivity contribution in [1.82, 2.24) is 9.80 Å². The van der Waals surface area contributed by atoms with Crippen molar-refractivity contribution in [2.24, 2.45) is 11.3 Å². The number of carbonyl (C=O) groups is 2. The van der Waals surface area contributed by atoms with Crippen LogP contribution in [-0.4, -0.2) is 60.9 Å². The molecule has 0 unspecified atom stereocenters. The molecular formula is C21H30FN3O2. The molecule has 0 aromatic heterocycles. The molecule has 5 nitrogen and oxygen atoms in total. The number of likely N-dealkylation sites (tertiary alicyclic amines) is 1. The molecule has 2 heterocycles. The Morgan fingerprint density at radius 1 is 0.889 bits per heavy atom. The fourth-order valence-electron chi connectivity index (χ4n) is 3.91. The van der Waals surface area contributed by atoms with Crippen LogP contribution < -0.4 is 4.90 Å². The van der Waals surface area contributed by atoms with Gasteiger partial charge < -0.3 is 14.7 Å². The lowest BCUT2D eigenvalue weighted by molar-refractivity contribution is -0.155. The van der Waals surface area contributed by atoms with Crippen molar-refractivity contribution >= 4 is 17.5 Å². The molecule has 148 valence electrons. The molecule has 1 aromatic rings. The summed E-state index contributed by atoms with van der Waals surface area (Å²) >= 11 is 0. The second-order valence-corrected chi connectivity index (χ2v) is 8.36. The third-order valence-corrected chi connectivity index (χ3v) is 5.90. The van der Waals surface area contributed by atoms with Crippen molar-refractivity contribution in [2.45, 2.75) is 33.6 Å². The van der Waals surface area contributed by atoms with Crippen molar-refractivity contribution in [1.29, 1.82) is 0 Å². The summed E-state index contributed by atoms with van der Waals surface area (Å²) in [5.41, 5.74) is -0.0696. The Balaban J connectivity index is 1.59. The maximum atomic E-state index is 13.1. The van der Waals surface area contributed by atoms with Crippen molar-refractivity contribution in [3.8, 4) is 0 Å². The Hall–Kier alpha value is -2.11. The summed E-state index contributed by atoms with van der Waals surface area (Å²) in [6, 6.07) is 6.43. The largest absolute Gasteiger partial charge is 0.368 e. The number of piperazine rings is 1. The minimum atomic E-state index is -1.03. The van der Waals surface area contributed by atoms with E-state index in [4.69, 9.17) is 0 Å². The molecule has 0 radical (unpaired) electrons. The molecule has 6 heteroatoms. The van der Waals surface area contributed by atoms with E-state index in [9.17, 15) is 14.0 Å². The average molecular weight is 375 g/mol. The van der Waals surface area contributed by atoms with E-state index in [0.29, 0.717) is 32.1 Å². The van der Waals surface area contributed by atoms with E-state index in [1.807, 2.05) is 4.90 Å². The van der Waals surface area contributed by atoms with E-state index in [1.54, 1.807) is 30.9 Å². The summed E-state index contributed by atoms with van der Waals surface area (Å²) in [6.45, 7) is 9.71. The van der Waals surface area contributed by atoms with Gasteiger partial charge in [-0.1, -0.05) is 6.92 Å². The second kappa shape index (κ2) is 7.87. The van der Waals surface area contributed by atoms with Gasteiger partial charge in [-0.2, -0.15) is 0 Å². The number of amides is 2. The Bertz CT molecular complexity index is 673. The van der Waals surface area contributed by atoms with Gasteiger partial charge in [-0.3, -0.25) is 9.59 Å². The van der Waals surface area contributed by atoms with Gasteiger partial charge in [0.05, 0.1) is 0 Å². The topological polar surface area (TPSA) is 43.9 Å². The number of carbonyl (C=O) groups excluding carboxylic acids is 2. The van der Waals surface area contributed by atoms with E-state index < -0.39 is 5.41 Å². The lowest BCUT2D eigenvalue weighted by Crippen LogP contribution is -2.56. The van der Waals surface area contributed by atoms with Gasteiger partial charge in [-0.15, -0.1) is 0 Å². The lowest BCUT2D eigenvalue weighted by Gasteiger charge is -2.41. The minimum Gasteiger partial charge on any atom is -0.368 e. The molecule has 0 aliphatic carbocycles. The first-order valence-electron chi connectivity index (χ1n) is 9.88. The smallest absolute Gasteiger partial charge is 0.237 e. The maximum absolute atomic E-state index is 13.1. The van der Waals surface area contributed by atoms with Gasteiger partial charge >= 0.3 is 0 Å². The van der Waals surface area contributed by atoms with Gasteiger partial charge in [-0.05, 0) is 56.9 Å². The summed E-state index contributed by atoms with van der Waals surface area (Å²) in [7, 11) is 0. The monoisotopic (exact) mass is 375 g/mol. The molecule has 0 atom stereocenters. The van der Waals surface area contributed by atoms with Gasteiger partial charge in [0, 0.05) is 45.0 Å². The molecule has 0 N–H and O–H groups in total. The number of hydrogen-bond donors (Lipinski definition) is 0. The van der Waals surface area contributed by atoms with Gasteiger partial charge in [0.2, 0.25) is 11.8 Å². The number of piperidine rings is 1. The first-order chi connectivity index (χ1) is 12.8. The van der Waals surface area contributed by atoms with Crippen LogP contribution in [0.2, 0.25) is 0 Å². The molecular weight excluding hydrogens is 345 g/mol. The molecule has 27 heavy (non-hydrogen) atoms. The predicted molar refractivity (Wildman–Crippen MR) is 104 cm³/mol. The van der Waals surface area contributed by atoms with E-state index in [-0.39, 0.29) is 17.6 Å². The highest BCUT2D eigenvalue weighted by Crippen LogP contribution is 2.27. The Morgan fingerprint density at radius 3 is 1.89 bits per heavy atom. The number of hydrogen-bond acceptors (Lipinski definition) is 3. The van der Waals surface area contributed by atoms with E-state index in [0.717, 1.165) is 31.6 Å². The van der Waals surface area contributed by atoms with E-state index in [2.05, 4.69) is 11.8 Å². The zero-order valence-corrected chi connectivity index (χ0v) is 16.6. The van der Waals surface area contributed by atoms with Crippen LogP contribution in [0.1, 0.15) is 33.6 Å². The zero-order chi connectivity index (χ0) is 19.6. The fraction of sp³-hybridized carbons (Fsp3) is 0.619. The van der Waals surface area contributed by atoms with Crippen LogP contribution in [0.4, 0.5) is 10.1 Å². The zero-order valence-electron chi connectivity index (χ0n) is 16.6. The number of halogens is 1. The fourth-order valence-corrected chi connectivity index (χ4v) is 3.91. The van der Waals surface area contributed by atoms with Crippen molar-refractivity contribution in [3.63, 3.8) is 0 Å². The van der Waals surface area contributed by atoms with Gasteiger partial charge in [0.15, 0.2) is 0 Å². The number of nitrogens with zero attached hydrogens (tertiary/aromatic N) is 3.